The molecule has 0 aliphatic rings. The van der Waals surface area contributed by atoms with Gasteiger partial charge in [-0.2, -0.15) is 18.3 Å². The van der Waals surface area contributed by atoms with Gasteiger partial charge >= 0.3 is 12.2 Å². The standard InChI is InChI=1S/C19H15F3N4O2/c1-26-17(27)11-10-16(25-26)12-2-6-14(7-3-12)23-18(28)24-15-8-4-13(5-9-15)19(20,21)22/h2-11H,1H3,(H2,23,24,28). The van der Waals surface area contributed by atoms with Gasteiger partial charge in [0.1, 0.15) is 0 Å². The van der Waals surface area contributed by atoms with E-state index in [1.807, 2.05) is 0 Å². The van der Waals surface area contributed by atoms with Gasteiger partial charge in [0.05, 0.1) is 11.3 Å². The number of nitrogens with zero attached hydrogens (tertiary/aromatic N) is 2. The molecule has 0 radical (unpaired) electrons. The van der Waals surface area contributed by atoms with Gasteiger partial charge in [0.25, 0.3) is 5.56 Å². The monoisotopic (exact) mass is 388 g/mol. The molecule has 144 valence electrons. The number of aryl methyl sites for hydroxylation is 1. The van der Waals surface area contributed by atoms with Crippen LogP contribution < -0.4 is 16.2 Å². The Hall–Kier alpha value is -3.62. The Labute approximate surface area is 157 Å². The molecule has 0 spiro atoms. The van der Waals surface area contributed by atoms with Gasteiger partial charge < -0.3 is 10.6 Å². The molecule has 0 saturated heterocycles. The minimum atomic E-state index is -4.43. The van der Waals surface area contributed by atoms with Gasteiger partial charge in [0.15, 0.2) is 0 Å². The van der Waals surface area contributed by atoms with E-state index in [2.05, 4.69) is 15.7 Å². The molecule has 3 aromatic rings. The molecule has 28 heavy (non-hydrogen) atoms. The maximum Gasteiger partial charge on any atom is 0.416 e. The highest BCUT2D eigenvalue weighted by atomic mass is 19.4. The second-order valence-electron chi connectivity index (χ2n) is 5.91. The largest absolute Gasteiger partial charge is 0.416 e. The fraction of sp³-hybridized carbons (Fsp3) is 0.105. The van der Waals surface area contributed by atoms with Crippen LogP contribution in [0.4, 0.5) is 29.3 Å². The van der Waals surface area contributed by atoms with Crippen molar-refractivity contribution in [1.82, 2.24) is 9.78 Å². The Balaban J connectivity index is 1.64. The van der Waals surface area contributed by atoms with Crippen LogP contribution in [0.15, 0.2) is 65.5 Å². The molecule has 2 aromatic carbocycles. The van der Waals surface area contributed by atoms with Gasteiger partial charge in [-0.25, -0.2) is 9.48 Å². The van der Waals surface area contributed by atoms with Crippen molar-refractivity contribution in [3.05, 3.63) is 76.6 Å². The molecule has 1 heterocycles. The quantitative estimate of drug-likeness (QED) is 0.709. The van der Waals surface area contributed by atoms with Crippen molar-refractivity contribution in [3.63, 3.8) is 0 Å². The lowest BCUT2D eigenvalue weighted by atomic mass is 10.1. The summed E-state index contributed by atoms with van der Waals surface area (Å²) in [6, 6.07) is 13.3. The summed E-state index contributed by atoms with van der Waals surface area (Å²) >= 11 is 0. The van der Waals surface area contributed by atoms with Crippen molar-refractivity contribution in [1.29, 1.82) is 0 Å². The van der Waals surface area contributed by atoms with Crippen LogP contribution in [0.1, 0.15) is 5.56 Å². The lowest BCUT2D eigenvalue weighted by Gasteiger charge is -2.10. The molecule has 0 aliphatic heterocycles. The molecular weight excluding hydrogens is 373 g/mol. The van der Waals surface area contributed by atoms with Gasteiger partial charge in [-0.15, -0.1) is 0 Å². The number of hydrogen-bond acceptors (Lipinski definition) is 3. The molecular formula is C19H15F3N4O2. The number of urea groups is 1. The highest BCUT2D eigenvalue weighted by Crippen LogP contribution is 2.29. The molecule has 1 aromatic heterocycles. The summed E-state index contributed by atoms with van der Waals surface area (Å²) in [5.41, 5.74) is 1.06. The molecule has 0 aliphatic carbocycles. The predicted octanol–water partition coefficient (Wildman–Crippen LogP) is 4.11. The summed E-state index contributed by atoms with van der Waals surface area (Å²) < 4.78 is 38.9. The number of hydrogen-bond donors (Lipinski definition) is 2. The Morgan fingerprint density at radius 2 is 1.43 bits per heavy atom. The summed E-state index contributed by atoms with van der Waals surface area (Å²) in [6.45, 7) is 0. The van der Waals surface area contributed by atoms with Crippen molar-refractivity contribution in [2.75, 3.05) is 10.6 Å². The van der Waals surface area contributed by atoms with Gasteiger partial charge in [0, 0.05) is 30.1 Å². The number of benzene rings is 2. The third-order valence-electron chi connectivity index (χ3n) is 3.87. The molecule has 0 saturated carbocycles. The fourth-order valence-corrected chi connectivity index (χ4v) is 2.42. The van der Waals surface area contributed by atoms with E-state index < -0.39 is 17.8 Å². The predicted molar refractivity (Wildman–Crippen MR) is 99.0 cm³/mol. The van der Waals surface area contributed by atoms with Crippen LogP contribution in [0.2, 0.25) is 0 Å². The zero-order valence-corrected chi connectivity index (χ0v) is 14.6. The number of carbonyl (C=O) groups excluding carboxylic acids is 1. The van der Waals surface area contributed by atoms with Crippen LogP contribution in [-0.2, 0) is 13.2 Å². The molecule has 0 atom stereocenters. The van der Waals surface area contributed by atoms with Crippen molar-refractivity contribution in [2.24, 2.45) is 7.05 Å². The zero-order valence-electron chi connectivity index (χ0n) is 14.6. The lowest BCUT2D eigenvalue weighted by molar-refractivity contribution is -0.137. The first-order valence-corrected chi connectivity index (χ1v) is 8.12. The van der Waals surface area contributed by atoms with E-state index >= 15 is 0 Å². The smallest absolute Gasteiger partial charge is 0.308 e. The maximum absolute atomic E-state index is 12.5. The number of alkyl halides is 3. The zero-order chi connectivity index (χ0) is 20.3. The van der Waals surface area contributed by atoms with E-state index in [-0.39, 0.29) is 11.2 Å². The highest BCUT2D eigenvalue weighted by Gasteiger charge is 2.29. The molecule has 6 nitrogen and oxygen atoms in total. The van der Waals surface area contributed by atoms with Crippen molar-refractivity contribution in [2.45, 2.75) is 6.18 Å². The van der Waals surface area contributed by atoms with E-state index in [1.54, 1.807) is 37.4 Å². The highest BCUT2D eigenvalue weighted by molar-refractivity contribution is 5.99. The number of nitrogens with one attached hydrogen (secondary N) is 2. The van der Waals surface area contributed by atoms with E-state index in [4.69, 9.17) is 0 Å². The SMILES string of the molecule is Cn1nc(-c2ccc(NC(=O)Nc3ccc(C(F)(F)F)cc3)cc2)ccc1=O. The van der Waals surface area contributed by atoms with Crippen LogP contribution in [0.5, 0.6) is 0 Å². The Morgan fingerprint density at radius 1 is 0.893 bits per heavy atom. The van der Waals surface area contributed by atoms with E-state index in [0.717, 1.165) is 17.7 Å². The maximum atomic E-state index is 12.5. The topological polar surface area (TPSA) is 76.0 Å². The minimum absolute atomic E-state index is 0.220. The number of anilines is 2. The lowest BCUT2D eigenvalue weighted by Crippen LogP contribution is -2.19. The van der Waals surface area contributed by atoms with Crippen LogP contribution in [0.25, 0.3) is 11.3 Å². The molecule has 0 bridgehead atoms. The summed E-state index contributed by atoms with van der Waals surface area (Å²) in [5, 5.41) is 9.19. The van der Waals surface area contributed by atoms with Gasteiger partial charge in [-0.3, -0.25) is 4.79 Å². The first-order chi connectivity index (χ1) is 13.2. The number of halogens is 3. The van der Waals surface area contributed by atoms with E-state index in [0.29, 0.717) is 11.4 Å². The molecule has 0 fully saturated rings. The Kier molecular flexibility index (Phi) is 5.16. The van der Waals surface area contributed by atoms with Crippen molar-refractivity contribution >= 4 is 17.4 Å². The Morgan fingerprint density at radius 3 is 1.93 bits per heavy atom. The first-order valence-electron chi connectivity index (χ1n) is 8.12. The van der Waals surface area contributed by atoms with Crippen LogP contribution in [0, 0.1) is 0 Å². The summed E-state index contributed by atoms with van der Waals surface area (Å²) in [5.74, 6) is 0. The molecule has 2 N–H and O–H groups in total. The second-order valence-corrected chi connectivity index (χ2v) is 5.91. The molecule has 9 heteroatoms. The molecule has 3 rings (SSSR count). The van der Waals surface area contributed by atoms with Crippen LogP contribution in [-0.4, -0.2) is 15.8 Å². The van der Waals surface area contributed by atoms with Gasteiger partial charge in [-0.05, 0) is 42.5 Å². The third-order valence-corrected chi connectivity index (χ3v) is 3.87. The number of carbonyl (C=O) groups is 1. The van der Waals surface area contributed by atoms with Crippen LogP contribution >= 0.6 is 0 Å². The third kappa shape index (κ3) is 4.56. The second kappa shape index (κ2) is 7.55. The van der Waals surface area contributed by atoms with Gasteiger partial charge in [-0.1, -0.05) is 12.1 Å². The average molecular weight is 388 g/mol. The Bertz CT molecular complexity index is 1040. The number of amides is 2. The minimum Gasteiger partial charge on any atom is -0.308 e. The summed E-state index contributed by atoms with van der Waals surface area (Å²) in [6.07, 6.45) is -4.43. The molecule has 0 unspecified atom stereocenters. The van der Waals surface area contributed by atoms with Crippen molar-refractivity contribution in [3.8, 4) is 11.3 Å². The summed E-state index contributed by atoms with van der Waals surface area (Å²) in [7, 11) is 1.55. The normalized spacial score (nSPS) is 11.1. The van der Waals surface area contributed by atoms with E-state index in [1.165, 1.54) is 22.9 Å². The first kappa shape index (κ1) is 19.2. The van der Waals surface area contributed by atoms with Gasteiger partial charge in [0.2, 0.25) is 0 Å². The number of aromatic nitrogens is 2. The number of rotatable bonds is 3. The average Bonchev–Trinajstić information content (AvgIpc) is 2.64. The molecule has 2 amide bonds. The van der Waals surface area contributed by atoms with E-state index in [9.17, 15) is 22.8 Å². The fourth-order valence-electron chi connectivity index (χ4n) is 2.42. The van der Waals surface area contributed by atoms with Crippen molar-refractivity contribution < 1.29 is 18.0 Å². The summed E-state index contributed by atoms with van der Waals surface area (Å²) in [4.78, 5) is 23.4. The van der Waals surface area contributed by atoms with Crippen LogP contribution in [0.3, 0.4) is 0 Å².